The molecule has 2 amide bonds. The Morgan fingerprint density at radius 3 is 2.30 bits per heavy atom. The van der Waals surface area contributed by atoms with Crippen LogP contribution >= 0.6 is 0 Å². The van der Waals surface area contributed by atoms with E-state index in [1.165, 1.54) is 12.5 Å². The largest absolute Gasteiger partial charge is 0.326 e. The lowest BCUT2D eigenvalue weighted by molar-refractivity contribution is -0.116. The number of carbonyl (C=O) groups is 2. The highest BCUT2D eigenvalue weighted by atomic mass is 16.2. The Morgan fingerprint density at radius 1 is 0.913 bits per heavy atom. The van der Waals surface area contributed by atoms with Crippen molar-refractivity contribution in [1.29, 1.82) is 0 Å². The van der Waals surface area contributed by atoms with Crippen LogP contribution in [0.3, 0.4) is 0 Å². The van der Waals surface area contributed by atoms with Crippen molar-refractivity contribution in [2.45, 2.75) is 19.9 Å². The fourth-order valence-corrected chi connectivity index (χ4v) is 2.13. The van der Waals surface area contributed by atoms with Crippen LogP contribution in [0.25, 0.3) is 0 Å². The Hall–Kier alpha value is -2.66. The van der Waals surface area contributed by atoms with Crippen molar-refractivity contribution in [3.63, 3.8) is 0 Å². The fraction of sp³-hybridized carbons (Fsp3) is 0.222. The number of hydrogen-bond donors (Lipinski definition) is 3. The van der Waals surface area contributed by atoms with Gasteiger partial charge in [0.2, 0.25) is 11.8 Å². The molecule has 0 aliphatic rings. The lowest BCUT2D eigenvalue weighted by Gasteiger charge is -2.08. The minimum Gasteiger partial charge on any atom is -0.326 e. The van der Waals surface area contributed by atoms with Gasteiger partial charge >= 0.3 is 0 Å². The summed E-state index contributed by atoms with van der Waals surface area (Å²) in [6.45, 7) is 2.79. The number of carbonyl (C=O) groups excluding carboxylic acids is 2. The molecule has 0 saturated carbocycles. The van der Waals surface area contributed by atoms with E-state index in [9.17, 15) is 9.59 Å². The molecule has 0 aliphatic carbocycles. The third kappa shape index (κ3) is 6.32. The summed E-state index contributed by atoms with van der Waals surface area (Å²) in [6.07, 6.45) is 0.386. The van der Waals surface area contributed by atoms with E-state index in [2.05, 4.69) is 16.0 Å². The van der Waals surface area contributed by atoms with Gasteiger partial charge in [0, 0.05) is 37.8 Å². The maximum absolute atomic E-state index is 11.9. The van der Waals surface area contributed by atoms with Crippen LogP contribution in [0.15, 0.2) is 54.6 Å². The molecule has 3 N–H and O–H groups in total. The van der Waals surface area contributed by atoms with Crippen molar-refractivity contribution >= 4 is 23.2 Å². The van der Waals surface area contributed by atoms with Crippen LogP contribution in [-0.2, 0) is 16.1 Å². The second-order valence-corrected chi connectivity index (χ2v) is 5.22. The molecule has 2 rings (SSSR count). The van der Waals surface area contributed by atoms with E-state index < -0.39 is 0 Å². The highest BCUT2D eigenvalue weighted by Crippen LogP contribution is 2.15. The Balaban J connectivity index is 1.73. The SMILES string of the molecule is CC(=O)Nc1cccc(NC(=O)CCNCc2ccccc2)c1. The molecule has 0 heterocycles. The molecular weight excluding hydrogens is 290 g/mol. The second kappa shape index (κ2) is 8.70. The Bertz CT molecular complexity index is 656. The average Bonchev–Trinajstić information content (AvgIpc) is 2.52. The first-order valence-electron chi connectivity index (χ1n) is 7.55. The van der Waals surface area contributed by atoms with E-state index in [0.717, 1.165) is 6.54 Å². The zero-order valence-electron chi connectivity index (χ0n) is 13.1. The number of benzene rings is 2. The molecule has 0 radical (unpaired) electrons. The summed E-state index contributed by atoms with van der Waals surface area (Å²) < 4.78 is 0. The first-order chi connectivity index (χ1) is 11.1. The van der Waals surface area contributed by atoms with Crippen molar-refractivity contribution in [1.82, 2.24) is 5.32 Å². The highest BCUT2D eigenvalue weighted by molar-refractivity contribution is 5.93. The molecule has 0 spiro atoms. The maximum atomic E-state index is 11.9. The molecule has 2 aromatic rings. The quantitative estimate of drug-likeness (QED) is 0.689. The van der Waals surface area contributed by atoms with Gasteiger partial charge in [-0.3, -0.25) is 9.59 Å². The highest BCUT2D eigenvalue weighted by Gasteiger charge is 2.03. The number of nitrogens with one attached hydrogen (secondary N) is 3. The monoisotopic (exact) mass is 311 g/mol. The molecule has 0 unspecified atom stereocenters. The van der Waals surface area contributed by atoms with Crippen LogP contribution < -0.4 is 16.0 Å². The van der Waals surface area contributed by atoms with Gasteiger partial charge in [-0.05, 0) is 23.8 Å². The molecule has 120 valence electrons. The van der Waals surface area contributed by atoms with Crippen LogP contribution in [0.5, 0.6) is 0 Å². The summed E-state index contributed by atoms with van der Waals surface area (Å²) in [5, 5.41) is 8.75. The summed E-state index contributed by atoms with van der Waals surface area (Å²) in [5.41, 5.74) is 2.53. The lowest BCUT2D eigenvalue weighted by atomic mass is 10.2. The van der Waals surface area contributed by atoms with Crippen molar-refractivity contribution in [2.75, 3.05) is 17.2 Å². The molecule has 0 bridgehead atoms. The van der Waals surface area contributed by atoms with Crippen molar-refractivity contribution < 1.29 is 9.59 Å². The third-order valence-electron chi connectivity index (χ3n) is 3.17. The fourth-order valence-electron chi connectivity index (χ4n) is 2.13. The van der Waals surface area contributed by atoms with Gasteiger partial charge in [0.05, 0.1) is 0 Å². The molecule has 5 heteroatoms. The first kappa shape index (κ1) is 16.7. The molecule has 0 atom stereocenters. The van der Waals surface area contributed by atoms with Gasteiger partial charge in [0.15, 0.2) is 0 Å². The number of amides is 2. The predicted octanol–water partition coefficient (Wildman–Crippen LogP) is 2.76. The van der Waals surface area contributed by atoms with E-state index >= 15 is 0 Å². The van der Waals surface area contributed by atoms with Gasteiger partial charge in [-0.1, -0.05) is 36.4 Å². The summed E-state index contributed by atoms with van der Waals surface area (Å²) >= 11 is 0. The molecule has 2 aromatic carbocycles. The van der Waals surface area contributed by atoms with Gasteiger partial charge in [-0.25, -0.2) is 0 Å². The maximum Gasteiger partial charge on any atom is 0.225 e. The molecule has 5 nitrogen and oxygen atoms in total. The van der Waals surface area contributed by atoms with Crippen LogP contribution in [0, 0.1) is 0 Å². The molecule has 0 aromatic heterocycles. The Kier molecular flexibility index (Phi) is 6.32. The zero-order valence-corrected chi connectivity index (χ0v) is 13.1. The Labute approximate surface area is 136 Å². The van der Waals surface area contributed by atoms with E-state index in [-0.39, 0.29) is 11.8 Å². The van der Waals surface area contributed by atoms with Gasteiger partial charge in [-0.15, -0.1) is 0 Å². The third-order valence-corrected chi connectivity index (χ3v) is 3.17. The number of hydrogen-bond acceptors (Lipinski definition) is 3. The standard InChI is InChI=1S/C18H21N3O2/c1-14(22)20-16-8-5-9-17(12-16)21-18(23)10-11-19-13-15-6-3-2-4-7-15/h2-9,12,19H,10-11,13H2,1H3,(H,20,22)(H,21,23). The van der Waals surface area contributed by atoms with Gasteiger partial charge in [0.1, 0.15) is 0 Å². The topological polar surface area (TPSA) is 70.2 Å². The molecular formula is C18H21N3O2. The van der Waals surface area contributed by atoms with E-state index in [1.54, 1.807) is 24.3 Å². The van der Waals surface area contributed by atoms with E-state index in [0.29, 0.717) is 24.3 Å². The lowest BCUT2D eigenvalue weighted by Crippen LogP contribution is -2.21. The smallest absolute Gasteiger partial charge is 0.225 e. The normalized spacial score (nSPS) is 10.1. The van der Waals surface area contributed by atoms with E-state index in [4.69, 9.17) is 0 Å². The van der Waals surface area contributed by atoms with Crippen LogP contribution in [0.4, 0.5) is 11.4 Å². The van der Waals surface area contributed by atoms with Crippen LogP contribution in [0.2, 0.25) is 0 Å². The van der Waals surface area contributed by atoms with Gasteiger partial charge < -0.3 is 16.0 Å². The van der Waals surface area contributed by atoms with Crippen molar-refractivity contribution in [2.24, 2.45) is 0 Å². The van der Waals surface area contributed by atoms with Gasteiger partial charge in [-0.2, -0.15) is 0 Å². The minimum absolute atomic E-state index is 0.0643. The zero-order chi connectivity index (χ0) is 16.5. The summed E-state index contributed by atoms with van der Waals surface area (Å²) in [6, 6.07) is 17.1. The minimum atomic E-state index is -0.140. The van der Waals surface area contributed by atoms with Crippen LogP contribution in [-0.4, -0.2) is 18.4 Å². The summed E-state index contributed by atoms with van der Waals surface area (Å²) in [4.78, 5) is 23.0. The van der Waals surface area contributed by atoms with E-state index in [1.807, 2.05) is 30.3 Å². The van der Waals surface area contributed by atoms with Crippen molar-refractivity contribution in [3.05, 3.63) is 60.2 Å². The Morgan fingerprint density at radius 2 is 1.61 bits per heavy atom. The molecule has 23 heavy (non-hydrogen) atoms. The van der Waals surface area contributed by atoms with Gasteiger partial charge in [0.25, 0.3) is 0 Å². The predicted molar refractivity (Wildman–Crippen MR) is 92.1 cm³/mol. The number of anilines is 2. The summed E-state index contributed by atoms with van der Waals surface area (Å²) in [7, 11) is 0. The number of rotatable bonds is 7. The van der Waals surface area contributed by atoms with Crippen LogP contribution in [0.1, 0.15) is 18.9 Å². The molecule has 0 saturated heterocycles. The summed E-state index contributed by atoms with van der Waals surface area (Å²) in [5.74, 6) is -0.205. The average molecular weight is 311 g/mol. The van der Waals surface area contributed by atoms with Crippen molar-refractivity contribution in [3.8, 4) is 0 Å². The molecule has 0 aliphatic heterocycles. The molecule has 0 fully saturated rings. The second-order valence-electron chi connectivity index (χ2n) is 5.22. The first-order valence-corrected chi connectivity index (χ1v) is 7.55.